The van der Waals surface area contributed by atoms with Crippen molar-refractivity contribution in [1.29, 1.82) is 0 Å². The van der Waals surface area contributed by atoms with Crippen molar-refractivity contribution in [1.82, 2.24) is 15.1 Å². The van der Waals surface area contributed by atoms with Gasteiger partial charge in [0.2, 0.25) is 0 Å². The van der Waals surface area contributed by atoms with Crippen molar-refractivity contribution in [3.63, 3.8) is 0 Å². The maximum atomic E-state index is 13.3. The summed E-state index contributed by atoms with van der Waals surface area (Å²) in [5.74, 6) is -0.244. The van der Waals surface area contributed by atoms with E-state index in [0.29, 0.717) is 11.6 Å². The maximum Gasteiger partial charge on any atom is 0.123 e. The van der Waals surface area contributed by atoms with Crippen molar-refractivity contribution in [3.8, 4) is 22.4 Å². The van der Waals surface area contributed by atoms with Gasteiger partial charge in [0.1, 0.15) is 5.82 Å². The zero-order chi connectivity index (χ0) is 22.1. The molecular formula is C26H23ClFN3O. The van der Waals surface area contributed by atoms with Gasteiger partial charge in [-0.2, -0.15) is 5.10 Å². The van der Waals surface area contributed by atoms with Crippen LogP contribution in [0.15, 0.2) is 79.0 Å². The van der Waals surface area contributed by atoms with Crippen molar-refractivity contribution < 1.29 is 9.50 Å². The van der Waals surface area contributed by atoms with Gasteiger partial charge in [0.25, 0.3) is 0 Å². The molecule has 1 aliphatic heterocycles. The van der Waals surface area contributed by atoms with Crippen LogP contribution in [0.3, 0.4) is 0 Å². The molecule has 32 heavy (non-hydrogen) atoms. The van der Waals surface area contributed by atoms with E-state index in [0.717, 1.165) is 46.5 Å². The molecule has 0 aliphatic carbocycles. The van der Waals surface area contributed by atoms with Gasteiger partial charge in [0.15, 0.2) is 0 Å². The summed E-state index contributed by atoms with van der Waals surface area (Å²) in [6.07, 6.45) is 2.27. The lowest BCUT2D eigenvalue weighted by Gasteiger charge is -2.28. The molecular weight excluding hydrogens is 425 g/mol. The highest BCUT2D eigenvalue weighted by Gasteiger charge is 2.31. The molecule has 1 aliphatic rings. The fraction of sp³-hybridized carbons (Fsp3) is 0.192. The Morgan fingerprint density at radius 1 is 1.00 bits per heavy atom. The van der Waals surface area contributed by atoms with Crippen LogP contribution >= 0.6 is 11.6 Å². The zero-order valence-corrected chi connectivity index (χ0v) is 18.1. The third-order valence-corrected chi connectivity index (χ3v) is 6.28. The number of hydrogen-bond donors (Lipinski definition) is 2. The van der Waals surface area contributed by atoms with Crippen LogP contribution in [0, 0.1) is 5.82 Å². The molecule has 4 aromatic rings. The van der Waals surface area contributed by atoms with E-state index in [2.05, 4.69) is 39.4 Å². The molecule has 0 bridgehead atoms. The molecule has 0 saturated carbocycles. The minimum atomic E-state index is -0.336. The summed E-state index contributed by atoms with van der Waals surface area (Å²) in [5, 5.41) is 18.4. The van der Waals surface area contributed by atoms with E-state index in [1.807, 2.05) is 30.5 Å². The molecule has 4 nitrogen and oxygen atoms in total. The molecule has 0 spiro atoms. The molecule has 3 aromatic carbocycles. The first kappa shape index (κ1) is 20.9. The van der Waals surface area contributed by atoms with E-state index in [4.69, 9.17) is 11.6 Å². The van der Waals surface area contributed by atoms with Crippen molar-refractivity contribution in [2.24, 2.45) is 0 Å². The molecule has 6 heteroatoms. The molecule has 0 radical (unpaired) electrons. The second-order valence-electron chi connectivity index (χ2n) is 8.18. The molecule has 2 heterocycles. The van der Waals surface area contributed by atoms with Gasteiger partial charge in [-0.3, -0.25) is 10.00 Å². The largest absolute Gasteiger partial charge is 0.392 e. The van der Waals surface area contributed by atoms with Gasteiger partial charge in [-0.15, -0.1) is 0 Å². The number of aromatic amines is 1. The van der Waals surface area contributed by atoms with Gasteiger partial charge in [-0.1, -0.05) is 60.1 Å². The number of aromatic nitrogens is 2. The molecule has 0 amide bonds. The van der Waals surface area contributed by atoms with Crippen LogP contribution in [-0.2, 0) is 0 Å². The smallest absolute Gasteiger partial charge is 0.123 e. The van der Waals surface area contributed by atoms with Crippen LogP contribution in [0.2, 0.25) is 5.02 Å². The maximum absolute atomic E-state index is 13.3. The normalized spacial score (nSPS) is 17.5. The van der Waals surface area contributed by atoms with Crippen LogP contribution in [0.1, 0.15) is 23.6 Å². The second-order valence-corrected chi connectivity index (χ2v) is 8.62. The second kappa shape index (κ2) is 8.87. The highest BCUT2D eigenvalue weighted by atomic mass is 35.5. The van der Waals surface area contributed by atoms with E-state index < -0.39 is 0 Å². The molecule has 1 saturated heterocycles. The Hall–Kier alpha value is -2.99. The number of aliphatic hydroxyl groups is 1. The quantitative estimate of drug-likeness (QED) is 0.413. The van der Waals surface area contributed by atoms with Gasteiger partial charge in [0, 0.05) is 29.2 Å². The van der Waals surface area contributed by atoms with Crippen molar-refractivity contribution in [2.45, 2.75) is 18.6 Å². The number of benzene rings is 3. The summed E-state index contributed by atoms with van der Waals surface area (Å²) in [5.41, 5.74) is 6.02. The third kappa shape index (κ3) is 4.19. The number of aliphatic hydroxyl groups excluding tert-OH is 1. The summed E-state index contributed by atoms with van der Waals surface area (Å²) in [4.78, 5) is 2.29. The average Bonchev–Trinajstić information content (AvgIpc) is 3.45. The summed E-state index contributed by atoms with van der Waals surface area (Å²) in [7, 11) is 0. The highest BCUT2D eigenvalue weighted by Crippen LogP contribution is 2.37. The topological polar surface area (TPSA) is 52.1 Å². The van der Waals surface area contributed by atoms with Gasteiger partial charge >= 0.3 is 0 Å². The Morgan fingerprint density at radius 3 is 2.38 bits per heavy atom. The van der Waals surface area contributed by atoms with Gasteiger partial charge in [-0.05, 0) is 47.4 Å². The number of halogens is 2. The first-order chi connectivity index (χ1) is 15.6. The fourth-order valence-electron chi connectivity index (χ4n) is 4.47. The van der Waals surface area contributed by atoms with Crippen LogP contribution < -0.4 is 0 Å². The minimum absolute atomic E-state index is 0.0675. The molecule has 162 valence electrons. The lowest BCUT2D eigenvalue weighted by molar-refractivity contribution is 0.167. The van der Waals surface area contributed by atoms with Crippen LogP contribution in [0.25, 0.3) is 22.4 Å². The lowest BCUT2D eigenvalue weighted by Crippen LogP contribution is -2.28. The van der Waals surface area contributed by atoms with Gasteiger partial charge in [0.05, 0.1) is 24.0 Å². The first-order valence-electron chi connectivity index (χ1n) is 10.7. The molecule has 1 aromatic heterocycles. The van der Waals surface area contributed by atoms with Crippen LogP contribution in [0.4, 0.5) is 4.39 Å². The Kier molecular flexibility index (Phi) is 5.79. The first-order valence-corrected chi connectivity index (χ1v) is 11.0. The van der Waals surface area contributed by atoms with Crippen molar-refractivity contribution in [2.75, 3.05) is 13.1 Å². The van der Waals surface area contributed by atoms with E-state index >= 15 is 0 Å². The third-order valence-electron chi connectivity index (χ3n) is 6.04. The Labute approximate surface area is 191 Å². The Morgan fingerprint density at radius 2 is 1.72 bits per heavy atom. The molecule has 1 fully saturated rings. The standard InChI is InChI=1S/C26H23ClFN3O/c27-21-3-1-2-20(14-21)25-24(15-29-30-25)26(31-13-12-23(32)16-31)19-6-4-17(5-7-19)18-8-10-22(28)11-9-18/h1-11,14-15,23,26,32H,12-13,16H2,(H,29,30). The predicted octanol–water partition coefficient (Wildman–Crippen LogP) is 5.69. The van der Waals surface area contributed by atoms with E-state index in [-0.39, 0.29) is 18.0 Å². The van der Waals surface area contributed by atoms with Crippen LogP contribution in [-0.4, -0.2) is 39.4 Å². The monoisotopic (exact) mass is 447 g/mol. The number of β-amino-alcohol motifs (C(OH)–C–C–N with tert-alkyl or cyclic N) is 1. The summed E-state index contributed by atoms with van der Waals surface area (Å²) in [6.45, 7) is 1.40. The average molecular weight is 448 g/mol. The molecule has 2 N–H and O–H groups in total. The summed E-state index contributed by atoms with van der Waals surface area (Å²) in [6, 6.07) is 22.5. The van der Waals surface area contributed by atoms with Gasteiger partial charge in [-0.25, -0.2) is 4.39 Å². The lowest BCUT2D eigenvalue weighted by atomic mass is 9.93. The number of rotatable bonds is 5. The predicted molar refractivity (Wildman–Crippen MR) is 125 cm³/mol. The number of nitrogens with one attached hydrogen (secondary N) is 1. The minimum Gasteiger partial charge on any atom is -0.392 e. The van der Waals surface area contributed by atoms with E-state index in [9.17, 15) is 9.50 Å². The van der Waals surface area contributed by atoms with Gasteiger partial charge < -0.3 is 5.11 Å². The van der Waals surface area contributed by atoms with E-state index in [1.165, 1.54) is 12.1 Å². The fourth-order valence-corrected chi connectivity index (χ4v) is 4.66. The van der Waals surface area contributed by atoms with Crippen molar-refractivity contribution in [3.05, 3.63) is 101 Å². The number of hydrogen-bond acceptors (Lipinski definition) is 3. The Bertz CT molecular complexity index is 1210. The number of nitrogens with zero attached hydrogens (tertiary/aromatic N) is 2. The zero-order valence-electron chi connectivity index (χ0n) is 17.4. The molecule has 5 rings (SSSR count). The van der Waals surface area contributed by atoms with Crippen molar-refractivity contribution >= 4 is 11.6 Å². The summed E-state index contributed by atoms with van der Waals surface area (Å²) >= 11 is 6.24. The highest BCUT2D eigenvalue weighted by molar-refractivity contribution is 6.30. The summed E-state index contributed by atoms with van der Waals surface area (Å²) < 4.78 is 13.3. The number of H-pyrrole nitrogens is 1. The molecule has 2 unspecified atom stereocenters. The van der Waals surface area contributed by atoms with Crippen LogP contribution in [0.5, 0.6) is 0 Å². The van der Waals surface area contributed by atoms with E-state index in [1.54, 1.807) is 12.1 Å². The number of likely N-dealkylation sites (tertiary alicyclic amines) is 1. The Balaban J connectivity index is 1.54. The molecule has 2 atom stereocenters. The SMILES string of the molecule is OC1CCN(C(c2ccc(-c3ccc(F)cc3)cc2)c2cn[nH]c2-c2cccc(Cl)c2)C1.